The van der Waals surface area contributed by atoms with Crippen molar-refractivity contribution in [2.45, 2.75) is 20.4 Å². The zero-order valence-corrected chi connectivity index (χ0v) is 12.7. The summed E-state index contributed by atoms with van der Waals surface area (Å²) in [5, 5.41) is 5.65. The van der Waals surface area contributed by atoms with Crippen molar-refractivity contribution in [3.63, 3.8) is 0 Å². The zero-order valence-electron chi connectivity index (χ0n) is 12.7. The second-order valence-electron chi connectivity index (χ2n) is 5.27. The molecule has 0 radical (unpaired) electrons. The maximum absolute atomic E-state index is 11.9. The standard InChI is InChI=1S/C17H19N3O2/c1-12(2)16(21)20-15-7-5-13(6-8-15)10-19-17(22)14-4-3-9-18-11-14/h3-9,11-12H,10H2,1-2H3,(H,19,22)(H,20,21). The number of nitrogens with one attached hydrogen (secondary N) is 2. The summed E-state index contributed by atoms with van der Waals surface area (Å²) in [6.45, 7) is 4.11. The Bertz CT molecular complexity index is 637. The van der Waals surface area contributed by atoms with Crippen LogP contribution in [0.25, 0.3) is 0 Å². The number of aromatic nitrogens is 1. The first-order valence-electron chi connectivity index (χ1n) is 7.14. The highest BCUT2D eigenvalue weighted by Gasteiger charge is 2.07. The smallest absolute Gasteiger partial charge is 0.253 e. The van der Waals surface area contributed by atoms with Crippen molar-refractivity contribution in [3.05, 3.63) is 59.9 Å². The molecule has 1 heterocycles. The van der Waals surface area contributed by atoms with Gasteiger partial charge in [-0.05, 0) is 29.8 Å². The lowest BCUT2D eigenvalue weighted by Crippen LogP contribution is -2.22. The van der Waals surface area contributed by atoms with Crippen LogP contribution >= 0.6 is 0 Å². The summed E-state index contributed by atoms with van der Waals surface area (Å²) in [5.74, 6) is -0.235. The van der Waals surface area contributed by atoms with Crippen LogP contribution in [0.15, 0.2) is 48.8 Å². The van der Waals surface area contributed by atoms with Gasteiger partial charge >= 0.3 is 0 Å². The average Bonchev–Trinajstić information content (AvgIpc) is 2.54. The van der Waals surface area contributed by atoms with Gasteiger partial charge in [0.15, 0.2) is 0 Å². The Morgan fingerprint density at radius 3 is 2.45 bits per heavy atom. The van der Waals surface area contributed by atoms with E-state index in [9.17, 15) is 9.59 Å². The highest BCUT2D eigenvalue weighted by Crippen LogP contribution is 2.11. The fourth-order valence-electron chi connectivity index (χ4n) is 1.77. The molecule has 114 valence electrons. The minimum absolute atomic E-state index is 0.0161. The van der Waals surface area contributed by atoms with Crippen molar-refractivity contribution in [2.75, 3.05) is 5.32 Å². The van der Waals surface area contributed by atoms with E-state index >= 15 is 0 Å². The van der Waals surface area contributed by atoms with Crippen molar-refractivity contribution in [1.82, 2.24) is 10.3 Å². The number of hydrogen-bond acceptors (Lipinski definition) is 3. The first-order valence-corrected chi connectivity index (χ1v) is 7.14. The molecule has 0 saturated heterocycles. The minimum atomic E-state index is -0.162. The Labute approximate surface area is 129 Å². The van der Waals surface area contributed by atoms with Gasteiger partial charge in [-0.1, -0.05) is 26.0 Å². The summed E-state index contributed by atoms with van der Waals surface area (Å²) >= 11 is 0. The number of carbonyl (C=O) groups is 2. The first kappa shape index (κ1) is 15.7. The number of benzene rings is 1. The summed E-state index contributed by atoms with van der Waals surface area (Å²) in [4.78, 5) is 27.4. The number of rotatable bonds is 5. The summed E-state index contributed by atoms with van der Waals surface area (Å²) in [5.41, 5.74) is 2.24. The lowest BCUT2D eigenvalue weighted by atomic mass is 10.1. The largest absolute Gasteiger partial charge is 0.348 e. The van der Waals surface area contributed by atoms with Crippen LogP contribution < -0.4 is 10.6 Å². The van der Waals surface area contributed by atoms with Gasteiger partial charge in [-0.25, -0.2) is 0 Å². The van der Waals surface area contributed by atoms with E-state index in [0.29, 0.717) is 12.1 Å². The van der Waals surface area contributed by atoms with Crippen LogP contribution in [-0.2, 0) is 11.3 Å². The van der Waals surface area contributed by atoms with Crippen molar-refractivity contribution >= 4 is 17.5 Å². The maximum atomic E-state index is 11.9. The normalized spacial score (nSPS) is 10.3. The molecule has 2 N–H and O–H groups in total. The van der Waals surface area contributed by atoms with E-state index in [1.807, 2.05) is 38.1 Å². The second kappa shape index (κ2) is 7.36. The Hall–Kier alpha value is -2.69. The Morgan fingerprint density at radius 2 is 1.86 bits per heavy atom. The SMILES string of the molecule is CC(C)C(=O)Nc1ccc(CNC(=O)c2cccnc2)cc1. The highest BCUT2D eigenvalue weighted by molar-refractivity contribution is 5.94. The first-order chi connectivity index (χ1) is 10.6. The maximum Gasteiger partial charge on any atom is 0.253 e. The predicted octanol–water partition coefficient (Wildman–Crippen LogP) is 2.61. The van der Waals surface area contributed by atoms with Crippen LogP contribution in [0.3, 0.4) is 0 Å². The van der Waals surface area contributed by atoms with Gasteiger partial charge in [0.05, 0.1) is 5.56 Å². The minimum Gasteiger partial charge on any atom is -0.348 e. The van der Waals surface area contributed by atoms with Gasteiger partial charge in [0, 0.05) is 30.5 Å². The van der Waals surface area contributed by atoms with Gasteiger partial charge in [0.1, 0.15) is 0 Å². The molecule has 0 spiro atoms. The molecule has 5 heteroatoms. The van der Waals surface area contributed by atoms with Gasteiger partial charge in [-0.2, -0.15) is 0 Å². The summed E-state index contributed by atoms with van der Waals surface area (Å²) < 4.78 is 0. The number of hydrogen-bond donors (Lipinski definition) is 2. The van der Waals surface area contributed by atoms with E-state index in [0.717, 1.165) is 11.3 Å². The molecule has 0 saturated carbocycles. The van der Waals surface area contributed by atoms with Crippen molar-refractivity contribution in [2.24, 2.45) is 5.92 Å². The molecular formula is C17H19N3O2. The summed E-state index contributed by atoms with van der Waals surface area (Å²) in [6, 6.07) is 10.8. The molecule has 2 amide bonds. The Morgan fingerprint density at radius 1 is 1.14 bits per heavy atom. The molecule has 0 atom stereocenters. The van der Waals surface area contributed by atoms with E-state index in [1.165, 1.54) is 6.20 Å². The second-order valence-corrected chi connectivity index (χ2v) is 5.27. The third-order valence-electron chi connectivity index (χ3n) is 3.12. The van der Waals surface area contributed by atoms with E-state index in [2.05, 4.69) is 15.6 Å². The number of anilines is 1. The molecule has 0 aliphatic heterocycles. The van der Waals surface area contributed by atoms with E-state index < -0.39 is 0 Å². The molecule has 22 heavy (non-hydrogen) atoms. The van der Waals surface area contributed by atoms with Crippen LogP contribution in [0, 0.1) is 5.92 Å². The quantitative estimate of drug-likeness (QED) is 0.891. The number of nitrogens with zero attached hydrogens (tertiary/aromatic N) is 1. The fraction of sp³-hybridized carbons (Fsp3) is 0.235. The van der Waals surface area contributed by atoms with Crippen molar-refractivity contribution < 1.29 is 9.59 Å². The Balaban J connectivity index is 1.89. The molecule has 5 nitrogen and oxygen atoms in total. The Kier molecular flexibility index (Phi) is 5.25. The van der Waals surface area contributed by atoms with Gasteiger partial charge in [0.2, 0.25) is 5.91 Å². The molecule has 0 unspecified atom stereocenters. The number of carbonyl (C=O) groups excluding carboxylic acids is 2. The van der Waals surface area contributed by atoms with E-state index in [4.69, 9.17) is 0 Å². The van der Waals surface area contributed by atoms with E-state index in [-0.39, 0.29) is 17.7 Å². The fourth-order valence-corrected chi connectivity index (χ4v) is 1.77. The number of pyridine rings is 1. The molecule has 1 aromatic carbocycles. The average molecular weight is 297 g/mol. The van der Waals surface area contributed by atoms with Gasteiger partial charge in [-0.3, -0.25) is 14.6 Å². The third-order valence-corrected chi connectivity index (χ3v) is 3.12. The topological polar surface area (TPSA) is 71.1 Å². The summed E-state index contributed by atoms with van der Waals surface area (Å²) in [7, 11) is 0. The molecule has 2 aromatic rings. The lowest BCUT2D eigenvalue weighted by molar-refractivity contribution is -0.118. The van der Waals surface area contributed by atoms with Gasteiger partial charge < -0.3 is 10.6 Å². The van der Waals surface area contributed by atoms with Crippen molar-refractivity contribution in [1.29, 1.82) is 0 Å². The predicted molar refractivity (Wildman–Crippen MR) is 85.3 cm³/mol. The lowest BCUT2D eigenvalue weighted by Gasteiger charge is -2.09. The number of amides is 2. The van der Waals surface area contributed by atoms with Crippen LogP contribution in [-0.4, -0.2) is 16.8 Å². The molecule has 0 aliphatic rings. The third kappa shape index (κ3) is 4.41. The molecule has 0 fully saturated rings. The monoisotopic (exact) mass is 297 g/mol. The molecule has 0 bridgehead atoms. The van der Waals surface area contributed by atoms with Crippen LogP contribution in [0.5, 0.6) is 0 Å². The zero-order chi connectivity index (χ0) is 15.9. The summed E-state index contributed by atoms with van der Waals surface area (Å²) in [6.07, 6.45) is 3.15. The molecular weight excluding hydrogens is 278 g/mol. The molecule has 0 aliphatic carbocycles. The van der Waals surface area contributed by atoms with Crippen LogP contribution in [0.2, 0.25) is 0 Å². The molecule has 2 rings (SSSR count). The van der Waals surface area contributed by atoms with Crippen LogP contribution in [0.1, 0.15) is 29.8 Å². The molecule has 1 aromatic heterocycles. The van der Waals surface area contributed by atoms with Crippen LogP contribution in [0.4, 0.5) is 5.69 Å². The van der Waals surface area contributed by atoms with Crippen molar-refractivity contribution in [3.8, 4) is 0 Å². The van der Waals surface area contributed by atoms with E-state index in [1.54, 1.807) is 18.3 Å². The highest BCUT2D eigenvalue weighted by atomic mass is 16.2. The van der Waals surface area contributed by atoms with Gasteiger partial charge in [-0.15, -0.1) is 0 Å². The van der Waals surface area contributed by atoms with Gasteiger partial charge in [0.25, 0.3) is 5.91 Å².